The van der Waals surface area contributed by atoms with Crippen molar-refractivity contribution < 1.29 is 21.6 Å². The fraction of sp³-hybridized carbons (Fsp3) is 0.0556. The van der Waals surface area contributed by atoms with Gasteiger partial charge in [0.2, 0.25) is 0 Å². The molecule has 3 aromatic rings. The van der Waals surface area contributed by atoms with Gasteiger partial charge in [-0.15, -0.1) is 0 Å². The summed E-state index contributed by atoms with van der Waals surface area (Å²) >= 11 is 0. The lowest BCUT2D eigenvalue weighted by atomic mass is 10.2. The van der Waals surface area contributed by atoms with Crippen molar-refractivity contribution >= 4 is 27.2 Å². The van der Waals surface area contributed by atoms with Crippen LogP contribution in [0.25, 0.3) is 0 Å². The third kappa shape index (κ3) is 4.37. The summed E-state index contributed by atoms with van der Waals surface area (Å²) in [5.74, 6) is -2.18. The monoisotopic (exact) mass is 393 g/mol. The molecule has 3 rings (SSSR count). The van der Waals surface area contributed by atoms with E-state index in [1.807, 2.05) is 0 Å². The third-order valence-corrected chi connectivity index (χ3v) is 5.18. The van der Waals surface area contributed by atoms with Gasteiger partial charge in [-0.2, -0.15) is 0 Å². The van der Waals surface area contributed by atoms with Gasteiger partial charge in [0, 0.05) is 11.8 Å². The number of sulfonamides is 1. The van der Waals surface area contributed by atoms with Gasteiger partial charge in [0.1, 0.15) is 11.6 Å². The van der Waals surface area contributed by atoms with Gasteiger partial charge in [0.05, 0.1) is 16.8 Å². The second kappa shape index (κ2) is 7.28. The first kappa shape index (κ1) is 18.7. The van der Waals surface area contributed by atoms with Crippen molar-refractivity contribution in [2.45, 2.75) is 11.8 Å². The molecule has 0 amide bonds. The molecule has 0 atom stereocenters. The van der Waals surface area contributed by atoms with Gasteiger partial charge >= 0.3 is 0 Å². The van der Waals surface area contributed by atoms with Gasteiger partial charge in [0.25, 0.3) is 10.0 Å². The van der Waals surface area contributed by atoms with E-state index < -0.39 is 27.5 Å². The maximum absolute atomic E-state index is 13.2. The Hall–Kier alpha value is -3.07. The highest BCUT2D eigenvalue weighted by molar-refractivity contribution is 7.92. The Morgan fingerprint density at radius 2 is 1.63 bits per heavy atom. The highest BCUT2D eigenvalue weighted by Gasteiger charge is 2.17. The molecule has 2 N–H and O–H groups in total. The highest BCUT2D eigenvalue weighted by atomic mass is 32.2. The number of hydrogen-bond acceptors (Lipinski definition) is 4. The highest BCUT2D eigenvalue weighted by Crippen LogP contribution is 2.22. The van der Waals surface area contributed by atoms with Gasteiger partial charge in [-0.1, -0.05) is 0 Å². The predicted octanol–water partition coefficient (Wildman–Crippen LogP) is 4.35. The summed E-state index contributed by atoms with van der Waals surface area (Å²) in [4.78, 5) is 3.98. The summed E-state index contributed by atoms with van der Waals surface area (Å²) in [6.45, 7) is 1.49. The Morgan fingerprint density at radius 3 is 2.26 bits per heavy atom. The lowest BCUT2D eigenvalue weighted by Gasteiger charge is -2.11. The molecule has 0 bridgehead atoms. The maximum Gasteiger partial charge on any atom is 0.262 e. The van der Waals surface area contributed by atoms with E-state index in [9.17, 15) is 21.6 Å². The SMILES string of the molecule is Cc1cc(F)ccc1S(=O)(=O)Nc1ccc(Nc2ccc(F)c(F)c2)nc1. The van der Waals surface area contributed by atoms with Crippen LogP contribution < -0.4 is 10.0 Å². The number of benzene rings is 2. The van der Waals surface area contributed by atoms with Crippen LogP contribution in [0.2, 0.25) is 0 Å². The minimum Gasteiger partial charge on any atom is -0.340 e. The van der Waals surface area contributed by atoms with Gasteiger partial charge in [-0.3, -0.25) is 4.72 Å². The van der Waals surface area contributed by atoms with Crippen molar-refractivity contribution in [1.29, 1.82) is 0 Å². The molecule has 27 heavy (non-hydrogen) atoms. The third-order valence-electron chi connectivity index (χ3n) is 3.63. The number of halogens is 3. The predicted molar refractivity (Wildman–Crippen MR) is 95.8 cm³/mol. The topological polar surface area (TPSA) is 71.1 Å². The maximum atomic E-state index is 13.2. The van der Waals surface area contributed by atoms with E-state index in [2.05, 4.69) is 15.0 Å². The average Bonchev–Trinajstić information content (AvgIpc) is 2.59. The van der Waals surface area contributed by atoms with Crippen LogP contribution in [0.4, 0.5) is 30.4 Å². The second-order valence-electron chi connectivity index (χ2n) is 5.70. The molecule has 0 aliphatic carbocycles. The molecule has 2 aromatic carbocycles. The lowest BCUT2D eigenvalue weighted by Crippen LogP contribution is -2.14. The number of rotatable bonds is 5. The van der Waals surface area contributed by atoms with Gasteiger partial charge < -0.3 is 5.32 Å². The van der Waals surface area contributed by atoms with Crippen LogP contribution in [0.5, 0.6) is 0 Å². The molecule has 1 aromatic heterocycles. The molecule has 0 aliphatic heterocycles. The first-order valence-corrected chi connectivity index (χ1v) is 9.20. The Labute approximate surface area is 153 Å². The van der Waals surface area contributed by atoms with Crippen LogP contribution in [0.15, 0.2) is 59.6 Å². The summed E-state index contributed by atoms with van der Waals surface area (Å²) in [5.41, 5.74) is 0.748. The van der Waals surface area contributed by atoms with E-state index in [-0.39, 0.29) is 21.8 Å². The van der Waals surface area contributed by atoms with E-state index in [0.29, 0.717) is 5.82 Å². The normalized spacial score (nSPS) is 11.3. The summed E-state index contributed by atoms with van der Waals surface area (Å²) in [7, 11) is -3.91. The molecule has 0 saturated carbocycles. The van der Waals surface area contributed by atoms with Crippen molar-refractivity contribution in [1.82, 2.24) is 4.98 Å². The first-order chi connectivity index (χ1) is 12.7. The quantitative estimate of drug-likeness (QED) is 0.676. The molecule has 140 valence electrons. The fourth-order valence-electron chi connectivity index (χ4n) is 2.37. The molecular weight excluding hydrogens is 379 g/mol. The average molecular weight is 393 g/mol. The van der Waals surface area contributed by atoms with E-state index in [1.165, 1.54) is 37.4 Å². The number of aryl methyl sites for hydroxylation is 1. The molecule has 0 saturated heterocycles. The number of hydrogen-bond donors (Lipinski definition) is 2. The molecule has 5 nitrogen and oxygen atoms in total. The Morgan fingerprint density at radius 1 is 0.889 bits per heavy atom. The van der Waals surface area contributed by atoms with Crippen LogP contribution in [0.3, 0.4) is 0 Å². The molecule has 0 radical (unpaired) electrons. The van der Waals surface area contributed by atoms with Gasteiger partial charge in [-0.25, -0.2) is 26.6 Å². The van der Waals surface area contributed by atoms with Crippen molar-refractivity contribution in [2.75, 3.05) is 10.0 Å². The first-order valence-electron chi connectivity index (χ1n) is 7.72. The minimum atomic E-state index is -3.91. The molecule has 0 fully saturated rings. The molecule has 9 heteroatoms. The number of nitrogens with zero attached hydrogens (tertiary/aromatic N) is 1. The summed E-state index contributed by atoms with van der Waals surface area (Å²) in [6, 6.07) is 9.59. The Kier molecular flexibility index (Phi) is 5.04. The number of anilines is 3. The zero-order chi connectivity index (χ0) is 19.6. The zero-order valence-electron chi connectivity index (χ0n) is 14.0. The van der Waals surface area contributed by atoms with Crippen molar-refractivity contribution in [3.8, 4) is 0 Å². The van der Waals surface area contributed by atoms with Crippen LogP contribution >= 0.6 is 0 Å². The van der Waals surface area contributed by atoms with Crippen molar-refractivity contribution in [3.63, 3.8) is 0 Å². The van der Waals surface area contributed by atoms with Crippen LogP contribution in [0, 0.1) is 24.4 Å². The molecule has 0 spiro atoms. The van der Waals surface area contributed by atoms with Gasteiger partial charge in [0.15, 0.2) is 11.6 Å². The van der Waals surface area contributed by atoms with E-state index in [4.69, 9.17) is 0 Å². The molecule has 1 heterocycles. The van der Waals surface area contributed by atoms with Crippen LogP contribution in [-0.2, 0) is 10.0 Å². The number of aromatic nitrogens is 1. The Bertz CT molecular complexity index is 1090. The van der Waals surface area contributed by atoms with Crippen LogP contribution in [-0.4, -0.2) is 13.4 Å². The number of pyridine rings is 1. The lowest BCUT2D eigenvalue weighted by molar-refractivity contribution is 0.509. The Balaban J connectivity index is 1.76. The second-order valence-corrected chi connectivity index (χ2v) is 7.35. The van der Waals surface area contributed by atoms with E-state index in [0.717, 1.165) is 24.3 Å². The summed E-state index contributed by atoms with van der Waals surface area (Å²) in [5, 5.41) is 2.77. The number of nitrogens with one attached hydrogen (secondary N) is 2. The minimum absolute atomic E-state index is 0.0483. The fourth-order valence-corrected chi connectivity index (χ4v) is 3.65. The van der Waals surface area contributed by atoms with Crippen molar-refractivity contribution in [3.05, 3.63) is 77.7 Å². The summed E-state index contributed by atoms with van der Waals surface area (Å²) < 4.78 is 66.5. The van der Waals surface area contributed by atoms with E-state index >= 15 is 0 Å². The van der Waals surface area contributed by atoms with Crippen LogP contribution in [0.1, 0.15) is 5.56 Å². The van der Waals surface area contributed by atoms with Crippen molar-refractivity contribution in [2.24, 2.45) is 0 Å². The molecule has 0 unspecified atom stereocenters. The summed E-state index contributed by atoms with van der Waals surface area (Å²) in [6.07, 6.45) is 1.26. The molecular formula is C18H14F3N3O2S. The van der Waals surface area contributed by atoms with E-state index in [1.54, 1.807) is 0 Å². The zero-order valence-corrected chi connectivity index (χ0v) is 14.8. The standard InChI is InChI=1S/C18H14F3N3O2S/c1-11-8-12(19)2-6-17(11)27(25,26)24-14-4-7-18(22-10-14)23-13-3-5-15(20)16(21)9-13/h2-10,24H,1H3,(H,22,23). The smallest absolute Gasteiger partial charge is 0.262 e. The molecule has 0 aliphatic rings. The largest absolute Gasteiger partial charge is 0.340 e. The van der Waals surface area contributed by atoms with Gasteiger partial charge in [-0.05, 0) is 55.0 Å².